The Hall–Kier alpha value is -1.88. The van der Waals surface area contributed by atoms with Gasteiger partial charge < -0.3 is 15.7 Å². The van der Waals surface area contributed by atoms with Crippen molar-refractivity contribution in [3.63, 3.8) is 0 Å². The van der Waals surface area contributed by atoms with Crippen molar-refractivity contribution in [1.29, 1.82) is 0 Å². The minimum atomic E-state index is -0.233. The molecular weight excluding hydrogens is 256 g/mol. The van der Waals surface area contributed by atoms with Crippen LogP contribution in [0, 0.1) is 5.92 Å². The third kappa shape index (κ3) is 4.35. The van der Waals surface area contributed by atoms with E-state index in [1.54, 1.807) is 31.3 Å². The average Bonchev–Trinajstić information content (AvgIpc) is 2.45. The molecule has 1 atom stereocenters. The van der Waals surface area contributed by atoms with Crippen LogP contribution in [-0.4, -0.2) is 36.6 Å². The number of carbonyl (C=O) groups excluding carboxylic acids is 2. The first-order chi connectivity index (χ1) is 9.49. The lowest BCUT2D eigenvalue weighted by Gasteiger charge is -2.21. The number of carbonyl (C=O) groups is 2. The fraction of sp³-hybridized carbons (Fsp3) is 0.467. The summed E-state index contributed by atoms with van der Waals surface area (Å²) in [5.74, 6) is -0.230. The molecule has 3 N–H and O–H groups in total. The van der Waals surface area contributed by atoms with E-state index < -0.39 is 0 Å². The Labute approximate surface area is 119 Å². The molecule has 0 aliphatic rings. The quantitative estimate of drug-likeness (QED) is 0.731. The molecular formula is C15H22N2O3. The molecule has 0 aliphatic heterocycles. The number of rotatable bonds is 6. The lowest BCUT2D eigenvalue weighted by molar-refractivity contribution is 0.0916. The molecule has 1 rings (SSSR count). The summed E-state index contributed by atoms with van der Waals surface area (Å²) in [5, 5.41) is 14.4. The van der Waals surface area contributed by atoms with E-state index in [4.69, 9.17) is 5.11 Å². The molecule has 0 saturated heterocycles. The van der Waals surface area contributed by atoms with E-state index in [1.807, 2.05) is 13.8 Å². The van der Waals surface area contributed by atoms with Crippen molar-refractivity contribution in [2.24, 2.45) is 5.92 Å². The number of aliphatic hydroxyl groups is 1. The largest absolute Gasteiger partial charge is 0.396 e. The molecule has 0 bridgehead atoms. The molecule has 1 unspecified atom stereocenters. The third-order valence-corrected chi connectivity index (χ3v) is 3.18. The van der Waals surface area contributed by atoms with Crippen molar-refractivity contribution in [3.05, 3.63) is 35.4 Å². The first-order valence-corrected chi connectivity index (χ1v) is 6.73. The first-order valence-electron chi connectivity index (χ1n) is 6.73. The normalized spacial score (nSPS) is 12.1. The summed E-state index contributed by atoms with van der Waals surface area (Å²) < 4.78 is 0. The highest BCUT2D eigenvalue weighted by atomic mass is 16.3. The molecule has 110 valence electrons. The zero-order valence-corrected chi connectivity index (χ0v) is 12.1. The summed E-state index contributed by atoms with van der Waals surface area (Å²) in [6.07, 6.45) is 0.512. The highest BCUT2D eigenvalue weighted by molar-refractivity contribution is 5.99. The van der Waals surface area contributed by atoms with E-state index in [2.05, 4.69) is 10.6 Å². The van der Waals surface area contributed by atoms with E-state index in [9.17, 15) is 9.59 Å². The topological polar surface area (TPSA) is 78.4 Å². The number of amides is 2. The molecule has 1 aromatic carbocycles. The van der Waals surface area contributed by atoms with Crippen LogP contribution >= 0.6 is 0 Å². The zero-order chi connectivity index (χ0) is 15.1. The standard InChI is InChI=1S/C15H22N2O3/c1-10(2)13(7-8-18)17-15(20)12-6-4-5-11(9-12)14(19)16-3/h4-6,9-10,13,18H,7-8H2,1-3H3,(H,16,19)(H,17,20). The maximum atomic E-state index is 12.2. The maximum absolute atomic E-state index is 12.2. The monoisotopic (exact) mass is 278 g/mol. The van der Waals surface area contributed by atoms with Crippen molar-refractivity contribution < 1.29 is 14.7 Å². The molecule has 0 fully saturated rings. The van der Waals surface area contributed by atoms with Gasteiger partial charge in [-0.1, -0.05) is 19.9 Å². The third-order valence-electron chi connectivity index (χ3n) is 3.18. The van der Waals surface area contributed by atoms with E-state index in [-0.39, 0.29) is 30.4 Å². The van der Waals surface area contributed by atoms with Crippen molar-refractivity contribution in [2.75, 3.05) is 13.7 Å². The van der Waals surface area contributed by atoms with E-state index >= 15 is 0 Å². The molecule has 0 heterocycles. The van der Waals surface area contributed by atoms with Crippen LogP contribution < -0.4 is 10.6 Å². The Morgan fingerprint density at radius 2 is 1.80 bits per heavy atom. The first kappa shape index (κ1) is 16.2. The minimum absolute atomic E-state index is 0.0292. The lowest BCUT2D eigenvalue weighted by Crippen LogP contribution is -2.39. The molecule has 0 saturated carbocycles. The van der Waals surface area contributed by atoms with Gasteiger partial charge in [0.15, 0.2) is 0 Å². The van der Waals surface area contributed by atoms with Gasteiger partial charge >= 0.3 is 0 Å². The summed E-state index contributed by atoms with van der Waals surface area (Å²) in [4.78, 5) is 23.7. The Morgan fingerprint density at radius 1 is 1.20 bits per heavy atom. The number of nitrogens with one attached hydrogen (secondary N) is 2. The molecule has 5 nitrogen and oxygen atoms in total. The Kier molecular flexibility index (Phi) is 6.18. The van der Waals surface area contributed by atoms with E-state index in [0.717, 1.165) is 0 Å². The zero-order valence-electron chi connectivity index (χ0n) is 12.1. The van der Waals surface area contributed by atoms with Crippen LogP contribution in [0.25, 0.3) is 0 Å². The molecule has 0 spiro atoms. The molecule has 20 heavy (non-hydrogen) atoms. The lowest BCUT2D eigenvalue weighted by atomic mass is 10.0. The minimum Gasteiger partial charge on any atom is -0.396 e. The van der Waals surface area contributed by atoms with Crippen molar-refractivity contribution >= 4 is 11.8 Å². The second kappa shape index (κ2) is 7.65. The fourth-order valence-corrected chi connectivity index (χ4v) is 1.91. The van der Waals surface area contributed by atoms with Gasteiger partial charge in [-0.2, -0.15) is 0 Å². The van der Waals surface area contributed by atoms with E-state index in [1.165, 1.54) is 0 Å². The molecule has 0 aromatic heterocycles. The van der Waals surface area contributed by atoms with Crippen molar-refractivity contribution in [3.8, 4) is 0 Å². The van der Waals surface area contributed by atoms with Crippen LogP contribution in [-0.2, 0) is 0 Å². The highest BCUT2D eigenvalue weighted by Gasteiger charge is 2.17. The fourth-order valence-electron chi connectivity index (χ4n) is 1.91. The Morgan fingerprint density at radius 3 is 2.30 bits per heavy atom. The molecule has 1 aromatic rings. The van der Waals surface area contributed by atoms with Gasteiger partial charge in [-0.25, -0.2) is 0 Å². The van der Waals surface area contributed by atoms with Crippen LogP contribution in [0.1, 0.15) is 41.0 Å². The number of aliphatic hydroxyl groups excluding tert-OH is 1. The molecule has 5 heteroatoms. The van der Waals surface area contributed by atoms with Gasteiger partial charge in [-0.3, -0.25) is 9.59 Å². The van der Waals surface area contributed by atoms with Crippen LogP contribution in [0.2, 0.25) is 0 Å². The second-order valence-corrected chi connectivity index (χ2v) is 5.00. The summed E-state index contributed by atoms with van der Waals surface area (Å²) in [7, 11) is 1.55. The number of hydrogen-bond donors (Lipinski definition) is 3. The maximum Gasteiger partial charge on any atom is 0.251 e. The summed E-state index contributed by atoms with van der Waals surface area (Å²) >= 11 is 0. The van der Waals surface area contributed by atoms with E-state index in [0.29, 0.717) is 17.5 Å². The molecule has 0 radical (unpaired) electrons. The molecule has 0 aliphatic carbocycles. The van der Waals surface area contributed by atoms with Gasteiger partial charge in [0.2, 0.25) is 0 Å². The predicted octanol–water partition coefficient (Wildman–Crippen LogP) is 1.18. The van der Waals surface area contributed by atoms with Crippen LogP contribution in [0.15, 0.2) is 24.3 Å². The van der Waals surface area contributed by atoms with Gasteiger partial charge in [0.05, 0.1) is 0 Å². The van der Waals surface area contributed by atoms with Gasteiger partial charge in [0.25, 0.3) is 11.8 Å². The summed E-state index contributed by atoms with van der Waals surface area (Å²) in [6.45, 7) is 4.00. The highest BCUT2D eigenvalue weighted by Crippen LogP contribution is 2.09. The van der Waals surface area contributed by atoms with Gasteiger partial charge in [0.1, 0.15) is 0 Å². The summed E-state index contributed by atoms with van der Waals surface area (Å²) in [6, 6.07) is 6.47. The second-order valence-electron chi connectivity index (χ2n) is 5.00. The predicted molar refractivity (Wildman–Crippen MR) is 77.6 cm³/mol. The summed E-state index contributed by atoms with van der Waals surface area (Å²) in [5.41, 5.74) is 0.887. The number of benzene rings is 1. The SMILES string of the molecule is CNC(=O)c1cccc(C(=O)NC(CCO)C(C)C)c1. The van der Waals surface area contributed by atoms with Gasteiger partial charge in [-0.05, 0) is 30.5 Å². The smallest absolute Gasteiger partial charge is 0.251 e. The van der Waals surface area contributed by atoms with Crippen molar-refractivity contribution in [1.82, 2.24) is 10.6 Å². The van der Waals surface area contributed by atoms with Gasteiger partial charge in [0, 0.05) is 30.8 Å². The average molecular weight is 278 g/mol. The van der Waals surface area contributed by atoms with Crippen LogP contribution in [0.3, 0.4) is 0 Å². The number of hydrogen-bond acceptors (Lipinski definition) is 3. The van der Waals surface area contributed by atoms with Gasteiger partial charge in [-0.15, -0.1) is 0 Å². The van der Waals surface area contributed by atoms with Crippen molar-refractivity contribution in [2.45, 2.75) is 26.3 Å². The Bertz CT molecular complexity index is 472. The Balaban J connectivity index is 2.83. The van der Waals surface area contributed by atoms with Crippen LogP contribution in [0.4, 0.5) is 0 Å². The van der Waals surface area contributed by atoms with Crippen LogP contribution in [0.5, 0.6) is 0 Å². The molecule has 2 amide bonds.